The number of aromatic nitrogens is 4. The molecule has 0 fully saturated rings. The lowest BCUT2D eigenvalue weighted by Gasteiger charge is -2.18. The van der Waals surface area contributed by atoms with Crippen LogP contribution in [0.15, 0.2) is 24.5 Å². The van der Waals surface area contributed by atoms with Gasteiger partial charge in [0.1, 0.15) is 6.33 Å². The first-order chi connectivity index (χ1) is 8.96. The lowest BCUT2D eigenvalue weighted by atomic mass is 9.92. The minimum absolute atomic E-state index is 0.356. The Hall–Kier alpha value is -1.91. The van der Waals surface area contributed by atoms with Crippen LogP contribution in [0.3, 0.4) is 0 Å². The summed E-state index contributed by atoms with van der Waals surface area (Å²) in [6.45, 7) is 9.79. The second-order valence-electron chi connectivity index (χ2n) is 5.99. The van der Waals surface area contributed by atoms with Crippen LogP contribution < -0.4 is 5.32 Å². The van der Waals surface area contributed by atoms with E-state index >= 15 is 0 Å². The summed E-state index contributed by atoms with van der Waals surface area (Å²) >= 11 is 0. The summed E-state index contributed by atoms with van der Waals surface area (Å²) in [5.41, 5.74) is 3.65. The highest BCUT2D eigenvalue weighted by atomic mass is 15.5. The maximum Gasteiger partial charge on any atom is 0.143 e. The molecule has 0 saturated heterocycles. The van der Waals surface area contributed by atoms with E-state index in [4.69, 9.17) is 0 Å². The first kappa shape index (κ1) is 13.5. The van der Waals surface area contributed by atoms with Crippen LogP contribution in [0.2, 0.25) is 0 Å². The second kappa shape index (κ2) is 5.38. The summed E-state index contributed by atoms with van der Waals surface area (Å²) in [6, 6.07) is 6.22. The third-order valence-electron chi connectivity index (χ3n) is 3.00. The molecule has 0 bridgehead atoms. The summed E-state index contributed by atoms with van der Waals surface area (Å²) in [4.78, 5) is 0. The highest BCUT2D eigenvalue weighted by molar-refractivity contribution is 5.53. The van der Waals surface area contributed by atoms with Crippen molar-refractivity contribution in [2.24, 2.45) is 5.41 Å². The fourth-order valence-corrected chi connectivity index (χ4v) is 1.88. The summed E-state index contributed by atoms with van der Waals surface area (Å²) in [5.74, 6) is 0. The molecule has 2 aromatic rings. The van der Waals surface area contributed by atoms with E-state index in [1.807, 2.05) is 6.07 Å². The van der Waals surface area contributed by atoms with Gasteiger partial charge in [0, 0.05) is 12.2 Å². The van der Waals surface area contributed by atoms with Gasteiger partial charge >= 0.3 is 0 Å². The fraction of sp³-hybridized carbons (Fsp3) is 0.500. The van der Waals surface area contributed by atoms with Gasteiger partial charge in [-0.1, -0.05) is 20.8 Å². The van der Waals surface area contributed by atoms with Crippen molar-refractivity contribution in [3.8, 4) is 5.69 Å². The van der Waals surface area contributed by atoms with E-state index in [2.05, 4.69) is 60.7 Å². The molecular weight excluding hydrogens is 238 g/mol. The lowest BCUT2D eigenvalue weighted by Crippen LogP contribution is -2.13. The molecule has 0 spiro atoms. The van der Waals surface area contributed by atoms with Gasteiger partial charge in [-0.25, -0.2) is 4.68 Å². The normalized spacial score (nSPS) is 11.6. The van der Waals surface area contributed by atoms with E-state index in [0.29, 0.717) is 5.41 Å². The van der Waals surface area contributed by atoms with Crippen molar-refractivity contribution in [1.82, 2.24) is 20.2 Å². The highest BCUT2D eigenvalue weighted by Gasteiger charge is 2.09. The number of nitrogens with one attached hydrogen (secondary N) is 1. The Labute approximate surface area is 114 Å². The van der Waals surface area contributed by atoms with E-state index in [0.717, 1.165) is 29.9 Å². The van der Waals surface area contributed by atoms with Gasteiger partial charge in [0.15, 0.2) is 0 Å². The molecule has 1 aromatic heterocycles. The van der Waals surface area contributed by atoms with E-state index in [9.17, 15) is 0 Å². The molecule has 1 heterocycles. The van der Waals surface area contributed by atoms with Crippen molar-refractivity contribution in [2.75, 3.05) is 11.9 Å². The number of hydrogen-bond acceptors (Lipinski definition) is 4. The van der Waals surface area contributed by atoms with Gasteiger partial charge < -0.3 is 5.32 Å². The number of anilines is 1. The zero-order chi connectivity index (χ0) is 13.9. The maximum atomic E-state index is 3.91. The monoisotopic (exact) mass is 259 g/mol. The Morgan fingerprint density at radius 1 is 1.26 bits per heavy atom. The Kier molecular flexibility index (Phi) is 3.83. The number of benzene rings is 1. The van der Waals surface area contributed by atoms with Crippen molar-refractivity contribution in [3.63, 3.8) is 0 Å². The average Bonchev–Trinajstić information content (AvgIpc) is 2.81. The number of nitrogens with zero attached hydrogens (tertiary/aromatic N) is 4. The Morgan fingerprint density at radius 2 is 2.05 bits per heavy atom. The first-order valence-corrected chi connectivity index (χ1v) is 6.54. The van der Waals surface area contributed by atoms with Crippen LogP contribution in [0.25, 0.3) is 5.69 Å². The minimum Gasteiger partial charge on any atom is -0.385 e. The van der Waals surface area contributed by atoms with Crippen LogP contribution in [0.5, 0.6) is 0 Å². The van der Waals surface area contributed by atoms with Crippen molar-refractivity contribution in [2.45, 2.75) is 34.1 Å². The van der Waals surface area contributed by atoms with Gasteiger partial charge in [0.2, 0.25) is 0 Å². The third-order valence-corrected chi connectivity index (χ3v) is 3.00. The van der Waals surface area contributed by atoms with Crippen LogP contribution in [0.4, 0.5) is 5.69 Å². The summed E-state index contributed by atoms with van der Waals surface area (Å²) in [6.07, 6.45) is 2.75. The van der Waals surface area contributed by atoms with Gasteiger partial charge in [0.25, 0.3) is 0 Å². The molecule has 5 heteroatoms. The van der Waals surface area contributed by atoms with Crippen LogP contribution in [-0.4, -0.2) is 26.8 Å². The molecule has 102 valence electrons. The fourth-order valence-electron chi connectivity index (χ4n) is 1.88. The predicted molar refractivity (Wildman–Crippen MR) is 76.5 cm³/mol. The molecule has 5 nitrogen and oxygen atoms in total. The topological polar surface area (TPSA) is 55.6 Å². The van der Waals surface area contributed by atoms with Crippen molar-refractivity contribution in [1.29, 1.82) is 0 Å². The van der Waals surface area contributed by atoms with Crippen LogP contribution in [0, 0.1) is 12.3 Å². The van der Waals surface area contributed by atoms with E-state index in [-0.39, 0.29) is 0 Å². The largest absolute Gasteiger partial charge is 0.385 e. The second-order valence-corrected chi connectivity index (χ2v) is 5.99. The molecule has 0 amide bonds. The third kappa shape index (κ3) is 3.77. The molecule has 0 aliphatic heterocycles. The number of hydrogen-bond donors (Lipinski definition) is 1. The molecule has 1 N–H and O–H groups in total. The standard InChI is InChI=1S/C14H21N5/c1-11-9-12(15-8-7-14(2,3)4)5-6-13(11)19-10-16-17-18-19/h5-6,9-10,15H,7-8H2,1-4H3. The number of aryl methyl sites for hydroxylation is 1. The molecule has 0 atom stereocenters. The molecule has 0 saturated carbocycles. The van der Waals surface area contributed by atoms with Gasteiger partial charge in [0.05, 0.1) is 5.69 Å². The van der Waals surface area contributed by atoms with Gasteiger partial charge in [-0.3, -0.25) is 0 Å². The molecule has 19 heavy (non-hydrogen) atoms. The Bertz CT molecular complexity index is 525. The smallest absolute Gasteiger partial charge is 0.143 e. The lowest BCUT2D eigenvalue weighted by molar-refractivity contribution is 0.390. The molecule has 1 aromatic carbocycles. The van der Waals surface area contributed by atoms with Crippen molar-refractivity contribution in [3.05, 3.63) is 30.1 Å². The summed E-state index contributed by atoms with van der Waals surface area (Å²) in [5, 5.41) is 14.7. The maximum absolute atomic E-state index is 3.91. The van der Waals surface area contributed by atoms with Gasteiger partial charge in [-0.05, 0) is 52.9 Å². The van der Waals surface area contributed by atoms with E-state index in [1.54, 1.807) is 11.0 Å². The molecule has 2 rings (SSSR count). The van der Waals surface area contributed by atoms with Crippen LogP contribution in [0.1, 0.15) is 32.8 Å². The quantitative estimate of drug-likeness (QED) is 0.917. The Balaban J connectivity index is 2.03. The summed E-state index contributed by atoms with van der Waals surface area (Å²) < 4.78 is 1.67. The molecule has 0 aliphatic rings. The van der Waals surface area contributed by atoms with Crippen molar-refractivity contribution < 1.29 is 0 Å². The SMILES string of the molecule is Cc1cc(NCCC(C)(C)C)ccc1-n1cnnn1. The average molecular weight is 259 g/mol. The zero-order valence-electron chi connectivity index (χ0n) is 12.0. The number of tetrazole rings is 1. The highest BCUT2D eigenvalue weighted by Crippen LogP contribution is 2.20. The molecule has 0 radical (unpaired) electrons. The zero-order valence-corrected chi connectivity index (χ0v) is 12.0. The summed E-state index contributed by atoms with van der Waals surface area (Å²) in [7, 11) is 0. The molecule has 0 aliphatic carbocycles. The van der Waals surface area contributed by atoms with E-state index < -0.39 is 0 Å². The molecule has 0 unspecified atom stereocenters. The van der Waals surface area contributed by atoms with Crippen LogP contribution in [-0.2, 0) is 0 Å². The predicted octanol–water partition coefficient (Wildman–Crippen LogP) is 2.82. The van der Waals surface area contributed by atoms with Crippen LogP contribution >= 0.6 is 0 Å². The number of rotatable bonds is 4. The van der Waals surface area contributed by atoms with Crippen molar-refractivity contribution >= 4 is 5.69 Å². The Morgan fingerprint density at radius 3 is 2.63 bits per heavy atom. The van der Waals surface area contributed by atoms with Gasteiger partial charge in [-0.2, -0.15) is 0 Å². The molecular formula is C14H21N5. The van der Waals surface area contributed by atoms with E-state index in [1.165, 1.54) is 0 Å². The van der Waals surface area contributed by atoms with Gasteiger partial charge in [-0.15, -0.1) is 5.10 Å². The minimum atomic E-state index is 0.356. The first-order valence-electron chi connectivity index (χ1n) is 6.54.